The van der Waals surface area contributed by atoms with Crippen LogP contribution in [-0.2, 0) is 0 Å². The molecular weight excluding hydrogens is 240 g/mol. The lowest BCUT2D eigenvalue weighted by Gasteiger charge is -2.07. The molecule has 1 atom stereocenters. The van der Waals surface area contributed by atoms with E-state index in [1.54, 1.807) is 0 Å². The molecule has 0 fully saturated rings. The van der Waals surface area contributed by atoms with E-state index in [4.69, 9.17) is 0 Å². The smallest absolute Gasteiger partial charge is 0.0288 e. The van der Waals surface area contributed by atoms with Crippen molar-refractivity contribution in [3.05, 3.63) is 47.1 Å². The summed E-state index contributed by atoms with van der Waals surface area (Å²) in [5.41, 5.74) is 4.32. The highest BCUT2D eigenvalue weighted by molar-refractivity contribution is 5.14. The van der Waals surface area contributed by atoms with Gasteiger partial charge in [-0.25, -0.2) is 0 Å². The molecule has 0 heteroatoms. The maximum Gasteiger partial charge on any atom is -0.0288 e. The van der Waals surface area contributed by atoms with Crippen molar-refractivity contribution in [2.24, 2.45) is 5.92 Å². The van der Waals surface area contributed by atoms with Crippen molar-refractivity contribution in [1.82, 2.24) is 0 Å². The fraction of sp³-hybridized carbons (Fsp3) is 0.600. The molecule has 0 bridgehead atoms. The van der Waals surface area contributed by atoms with Gasteiger partial charge in [0.25, 0.3) is 0 Å². The summed E-state index contributed by atoms with van der Waals surface area (Å²) in [5, 5.41) is 0. The Balaban J connectivity index is 3.86. The Labute approximate surface area is 127 Å². The van der Waals surface area contributed by atoms with E-state index in [-0.39, 0.29) is 0 Å². The van der Waals surface area contributed by atoms with Gasteiger partial charge in [0, 0.05) is 0 Å². The molecule has 0 aromatic carbocycles. The van der Waals surface area contributed by atoms with Crippen LogP contribution in [0.2, 0.25) is 0 Å². The van der Waals surface area contributed by atoms with Gasteiger partial charge >= 0.3 is 0 Å². The van der Waals surface area contributed by atoms with Crippen LogP contribution in [0, 0.1) is 5.92 Å². The maximum absolute atomic E-state index is 2.43. The van der Waals surface area contributed by atoms with Crippen molar-refractivity contribution in [2.75, 3.05) is 0 Å². The van der Waals surface area contributed by atoms with Crippen molar-refractivity contribution in [3.63, 3.8) is 0 Å². The Morgan fingerprint density at radius 2 is 1.70 bits per heavy atom. The quantitative estimate of drug-likeness (QED) is 0.313. The summed E-state index contributed by atoms with van der Waals surface area (Å²) in [5.74, 6) is 0.776. The van der Waals surface area contributed by atoms with Crippen molar-refractivity contribution < 1.29 is 0 Å². The molecule has 0 aliphatic carbocycles. The van der Waals surface area contributed by atoms with Crippen molar-refractivity contribution in [1.29, 1.82) is 0 Å². The molecule has 0 N–H and O–H groups in total. The molecule has 0 amide bonds. The summed E-state index contributed by atoms with van der Waals surface area (Å²) >= 11 is 0. The molecule has 0 saturated carbocycles. The van der Waals surface area contributed by atoms with Crippen LogP contribution < -0.4 is 0 Å². The molecule has 0 heterocycles. The molecule has 0 spiro atoms. The largest absolute Gasteiger partial charge is 0.0856 e. The standard InChI is InChI=1S/C20H34/c1-7-18(4)12-9-14-20(6)16-10-15-19(5)13-8-11-17(2)3/h7,9,11-12,15,20H,8,10,13-14,16H2,1-6H3. The molecule has 0 radical (unpaired) electrons. The molecule has 0 aromatic heterocycles. The van der Waals surface area contributed by atoms with E-state index in [0.29, 0.717) is 0 Å². The van der Waals surface area contributed by atoms with Gasteiger partial charge in [0.05, 0.1) is 0 Å². The average Bonchev–Trinajstić information content (AvgIpc) is 2.38. The fourth-order valence-corrected chi connectivity index (χ4v) is 2.01. The third-order valence-electron chi connectivity index (χ3n) is 3.62. The van der Waals surface area contributed by atoms with Gasteiger partial charge < -0.3 is 0 Å². The molecule has 114 valence electrons. The van der Waals surface area contributed by atoms with Crippen molar-refractivity contribution >= 4 is 0 Å². The summed E-state index contributed by atoms with van der Waals surface area (Å²) in [7, 11) is 0. The maximum atomic E-state index is 2.43. The predicted octanol–water partition coefficient (Wildman–Crippen LogP) is 7.01. The van der Waals surface area contributed by atoms with Crippen LogP contribution in [0.3, 0.4) is 0 Å². The van der Waals surface area contributed by atoms with Crippen LogP contribution in [0.4, 0.5) is 0 Å². The number of rotatable bonds is 9. The molecule has 0 aliphatic rings. The Bertz CT molecular complexity index is 359. The normalized spacial score (nSPS) is 14.7. The second-order valence-corrected chi connectivity index (χ2v) is 6.22. The Morgan fingerprint density at radius 3 is 2.30 bits per heavy atom. The van der Waals surface area contributed by atoms with Gasteiger partial charge in [0.1, 0.15) is 0 Å². The first-order valence-corrected chi connectivity index (χ1v) is 8.04. The first-order valence-electron chi connectivity index (χ1n) is 8.04. The third-order valence-corrected chi connectivity index (χ3v) is 3.62. The van der Waals surface area contributed by atoms with E-state index < -0.39 is 0 Å². The van der Waals surface area contributed by atoms with Crippen LogP contribution in [0.25, 0.3) is 0 Å². The highest BCUT2D eigenvalue weighted by Gasteiger charge is 1.98. The van der Waals surface area contributed by atoms with Gasteiger partial charge in [-0.05, 0) is 72.6 Å². The van der Waals surface area contributed by atoms with Gasteiger partial charge in [-0.2, -0.15) is 0 Å². The second kappa shape index (κ2) is 11.8. The van der Waals surface area contributed by atoms with Gasteiger partial charge in [0.15, 0.2) is 0 Å². The summed E-state index contributed by atoms with van der Waals surface area (Å²) in [6, 6.07) is 0. The highest BCUT2D eigenvalue weighted by Crippen LogP contribution is 2.15. The molecule has 0 nitrogen and oxygen atoms in total. The minimum absolute atomic E-state index is 0.776. The first-order chi connectivity index (χ1) is 9.45. The number of hydrogen-bond acceptors (Lipinski definition) is 0. The number of allylic oxidation sites excluding steroid dienone is 8. The Hall–Kier alpha value is -1.04. The van der Waals surface area contributed by atoms with E-state index in [1.165, 1.54) is 48.8 Å². The summed E-state index contributed by atoms with van der Waals surface area (Å²) in [4.78, 5) is 0. The van der Waals surface area contributed by atoms with Crippen LogP contribution in [0.1, 0.15) is 73.6 Å². The zero-order valence-electron chi connectivity index (χ0n) is 14.5. The van der Waals surface area contributed by atoms with E-state index in [2.05, 4.69) is 71.9 Å². The molecule has 0 saturated heterocycles. The zero-order valence-corrected chi connectivity index (χ0v) is 14.5. The van der Waals surface area contributed by atoms with Crippen LogP contribution in [0.5, 0.6) is 0 Å². The van der Waals surface area contributed by atoms with Gasteiger partial charge in [-0.1, -0.05) is 54.0 Å². The zero-order chi connectivity index (χ0) is 15.4. The van der Waals surface area contributed by atoms with Crippen LogP contribution in [-0.4, -0.2) is 0 Å². The predicted molar refractivity (Wildman–Crippen MR) is 94.0 cm³/mol. The summed E-state index contributed by atoms with van der Waals surface area (Å²) < 4.78 is 0. The monoisotopic (exact) mass is 274 g/mol. The molecule has 0 aliphatic heterocycles. The molecular formula is C20H34. The lowest BCUT2D eigenvalue weighted by molar-refractivity contribution is 0.545. The van der Waals surface area contributed by atoms with Gasteiger partial charge in [-0.3, -0.25) is 0 Å². The van der Waals surface area contributed by atoms with Gasteiger partial charge in [-0.15, -0.1) is 0 Å². The summed E-state index contributed by atoms with van der Waals surface area (Å²) in [6.07, 6.45) is 17.5. The third kappa shape index (κ3) is 12.0. The molecule has 0 rings (SSSR count). The van der Waals surface area contributed by atoms with E-state index >= 15 is 0 Å². The van der Waals surface area contributed by atoms with E-state index in [9.17, 15) is 0 Å². The lowest BCUT2D eigenvalue weighted by atomic mass is 9.99. The molecule has 1 unspecified atom stereocenters. The SMILES string of the molecule is CC=C(C)C=CCC(C)CCC=C(C)CCC=C(C)C. The van der Waals surface area contributed by atoms with Crippen molar-refractivity contribution in [3.8, 4) is 0 Å². The minimum Gasteiger partial charge on any atom is -0.0856 e. The second-order valence-electron chi connectivity index (χ2n) is 6.22. The average molecular weight is 274 g/mol. The number of hydrogen-bond donors (Lipinski definition) is 0. The Morgan fingerprint density at radius 1 is 1.00 bits per heavy atom. The fourth-order valence-electron chi connectivity index (χ4n) is 2.01. The van der Waals surface area contributed by atoms with Crippen LogP contribution in [0.15, 0.2) is 47.1 Å². The topological polar surface area (TPSA) is 0 Å². The lowest BCUT2D eigenvalue weighted by Crippen LogP contribution is -1.91. The Kier molecular flexibility index (Phi) is 11.1. The minimum atomic E-state index is 0.776. The van der Waals surface area contributed by atoms with E-state index in [1.807, 2.05) is 0 Å². The first kappa shape index (κ1) is 19.0. The van der Waals surface area contributed by atoms with Crippen LogP contribution >= 0.6 is 0 Å². The highest BCUT2D eigenvalue weighted by atomic mass is 14.0. The van der Waals surface area contributed by atoms with Gasteiger partial charge in [0.2, 0.25) is 0 Å². The summed E-state index contributed by atoms with van der Waals surface area (Å²) in [6.45, 7) is 13.2. The molecule has 20 heavy (non-hydrogen) atoms. The molecule has 0 aromatic rings. The van der Waals surface area contributed by atoms with Crippen molar-refractivity contribution in [2.45, 2.75) is 73.6 Å². The van der Waals surface area contributed by atoms with E-state index in [0.717, 1.165) is 5.92 Å².